The number of alkyl carbamates (subject to hydrolysis) is 1. The highest BCUT2D eigenvalue weighted by molar-refractivity contribution is 5.95. The van der Waals surface area contributed by atoms with Crippen molar-refractivity contribution in [3.63, 3.8) is 0 Å². The van der Waals surface area contributed by atoms with Crippen molar-refractivity contribution < 1.29 is 23.5 Å². The smallest absolute Gasteiger partial charge is 0.408 e. The molecule has 37 heavy (non-hydrogen) atoms. The molecule has 0 radical (unpaired) electrons. The van der Waals surface area contributed by atoms with E-state index in [4.69, 9.17) is 11.2 Å². The molecule has 0 aromatic carbocycles. The number of hydrogen-bond acceptors (Lipinski definition) is 6. The monoisotopic (exact) mass is 509 g/mol. The van der Waals surface area contributed by atoms with E-state index in [0.29, 0.717) is 25.7 Å². The van der Waals surface area contributed by atoms with Crippen LogP contribution in [0.15, 0.2) is 18.3 Å². The molecule has 4 rings (SSSR count). The topological polar surface area (TPSA) is 116 Å². The Hall–Kier alpha value is -3.66. The van der Waals surface area contributed by atoms with Crippen LogP contribution in [0.3, 0.4) is 0 Å². The Morgan fingerprint density at radius 2 is 1.81 bits per heavy atom. The van der Waals surface area contributed by atoms with Crippen LogP contribution in [-0.4, -0.2) is 68.5 Å². The first kappa shape index (κ1) is 26.4. The van der Waals surface area contributed by atoms with Gasteiger partial charge in [0.2, 0.25) is 11.9 Å². The zero-order chi connectivity index (χ0) is 26.9. The van der Waals surface area contributed by atoms with Gasteiger partial charge in [-0.25, -0.2) is 9.78 Å². The molecule has 10 heteroatoms. The number of fused-ring (bicyclic) bond motifs is 2. The van der Waals surface area contributed by atoms with E-state index in [0.717, 1.165) is 18.9 Å². The molecule has 196 valence electrons. The third-order valence-corrected chi connectivity index (χ3v) is 7.37. The normalized spacial score (nSPS) is 27.7. The predicted octanol–water partition coefficient (Wildman–Crippen LogP) is 3.01. The SMILES string of the molecule is C#CC1CC[C@@H](C#N)N1C(=O)[C@@H](NC(=O)OC(C)(C)C)C1CC2CCC(C1)N2C(=O)c1ccnc(F)c1. The number of ether oxygens (including phenoxy) is 1. The number of aromatic nitrogens is 1. The lowest BCUT2D eigenvalue weighted by Gasteiger charge is -2.42. The summed E-state index contributed by atoms with van der Waals surface area (Å²) in [5.74, 6) is 0.910. The second-order valence-electron chi connectivity index (χ2n) is 11.0. The summed E-state index contributed by atoms with van der Waals surface area (Å²) in [6, 6.07) is 2.28. The lowest BCUT2D eigenvalue weighted by Crippen LogP contribution is -2.58. The molecule has 0 aliphatic carbocycles. The van der Waals surface area contributed by atoms with Crippen LogP contribution in [-0.2, 0) is 9.53 Å². The van der Waals surface area contributed by atoms with Crippen molar-refractivity contribution >= 4 is 17.9 Å². The van der Waals surface area contributed by atoms with Gasteiger partial charge in [0.25, 0.3) is 5.91 Å². The van der Waals surface area contributed by atoms with Crippen LogP contribution in [0.4, 0.5) is 9.18 Å². The number of nitriles is 1. The van der Waals surface area contributed by atoms with E-state index >= 15 is 0 Å². The minimum Gasteiger partial charge on any atom is -0.444 e. The Kier molecular flexibility index (Phi) is 7.40. The van der Waals surface area contributed by atoms with Gasteiger partial charge in [0.1, 0.15) is 17.7 Å². The molecule has 0 saturated carbocycles. The van der Waals surface area contributed by atoms with Gasteiger partial charge >= 0.3 is 6.09 Å². The lowest BCUT2D eigenvalue weighted by molar-refractivity contribution is -0.136. The minimum absolute atomic E-state index is 0.169. The number of terminal acetylenes is 1. The van der Waals surface area contributed by atoms with Crippen LogP contribution in [0.25, 0.3) is 0 Å². The first-order valence-electron chi connectivity index (χ1n) is 12.6. The van der Waals surface area contributed by atoms with Crippen LogP contribution in [0, 0.1) is 35.5 Å². The van der Waals surface area contributed by atoms with Crippen LogP contribution in [0.5, 0.6) is 0 Å². The molecule has 3 fully saturated rings. The van der Waals surface area contributed by atoms with Gasteiger partial charge in [0.15, 0.2) is 0 Å². The van der Waals surface area contributed by atoms with Crippen molar-refractivity contribution in [2.75, 3.05) is 0 Å². The number of carbonyl (C=O) groups excluding carboxylic acids is 3. The second kappa shape index (κ2) is 10.4. The number of halogens is 1. The van der Waals surface area contributed by atoms with Crippen LogP contribution in [0.1, 0.15) is 69.7 Å². The van der Waals surface area contributed by atoms with E-state index in [-0.39, 0.29) is 29.5 Å². The van der Waals surface area contributed by atoms with E-state index in [1.54, 1.807) is 25.7 Å². The van der Waals surface area contributed by atoms with E-state index < -0.39 is 41.7 Å². The van der Waals surface area contributed by atoms with Crippen molar-refractivity contribution in [1.82, 2.24) is 20.1 Å². The zero-order valence-corrected chi connectivity index (χ0v) is 21.3. The number of rotatable bonds is 4. The maximum Gasteiger partial charge on any atom is 0.408 e. The van der Waals surface area contributed by atoms with Gasteiger partial charge in [-0.1, -0.05) is 5.92 Å². The summed E-state index contributed by atoms with van der Waals surface area (Å²) in [4.78, 5) is 46.6. The van der Waals surface area contributed by atoms with E-state index in [1.807, 2.05) is 0 Å². The number of pyridine rings is 1. The Morgan fingerprint density at radius 3 is 2.38 bits per heavy atom. The van der Waals surface area contributed by atoms with Gasteiger partial charge in [-0.05, 0) is 71.3 Å². The third-order valence-electron chi connectivity index (χ3n) is 7.37. The fourth-order valence-corrected chi connectivity index (χ4v) is 5.89. The number of carbonyl (C=O) groups is 3. The molecule has 3 saturated heterocycles. The fraction of sp³-hybridized carbons (Fsp3) is 0.593. The zero-order valence-electron chi connectivity index (χ0n) is 21.3. The Labute approximate surface area is 216 Å². The molecule has 0 spiro atoms. The van der Waals surface area contributed by atoms with E-state index in [9.17, 15) is 24.0 Å². The number of piperidine rings is 1. The van der Waals surface area contributed by atoms with E-state index in [2.05, 4.69) is 22.3 Å². The average Bonchev–Trinajstić information content (AvgIpc) is 3.37. The van der Waals surface area contributed by atoms with Gasteiger partial charge < -0.3 is 19.9 Å². The molecular formula is C27H32FN5O4. The molecule has 1 N–H and O–H groups in total. The Morgan fingerprint density at radius 1 is 1.16 bits per heavy atom. The summed E-state index contributed by atoms with van der Waals surface area (Å²) in [5, 5.41) is 12.4. The Balaban J connectivity index is 1.58. The molecule has 5 atom stereocenters. The van der Waals surface area contributed by atoms with Crippen molar-refractivity contribution in [1.29, 1.82) is 5.26 Å². The van der Waals surface area contributed by atoms with Gasteiger partial charge in [-0.15, -0.1) is 6.42 Å². The second-order valence-corrected chi connectivity index (χ2v) is 11.0. The molecule has 9 nitrogen and oxygen atoms in total. The van der Waals surface area contributed by atoms with Gasteiger partial charge in [-0.2, -0.15) is 9.65 Å². The summed E-state index contributed by atoms with van der Waals surface area (Å²) in [6.07, 6.45) is 9.61. The van der Waals surface area contributed by atoms with Crippen molar-refractivity contribution in [2.24, 2.45) is 5.92 Å². The molecule has 3 aliphatic rings. The quantitative estimate of drug-likeness (QED) is 0.493. The summed E-state index contributed by atoms with van der Waals surface area (Å²) in [5.41, 5.74) is -0.538. The number of nitrogens with zero attached hydrogens (tertiary/aromatic N) is 4. The number of hydrogen-bond donors (Lipinski definition) is 1. The van der Waals surface area contributed by atoms with E-state index in [1.165, 1.54) is 17.2 Å². The summed E-state index contributed by atoms with van der Waals surface area (Å²) in [7, 11) is 0. The standard InChI is InChI=1S/C27H32FN5O4/c1-5-18-6-9-21(15-29)32(18)25(35)23(31-26(36)37-27(2,3)4)17-12-19-7-8-20(13-17)33(19)24(34)16-10-11-30-22(28)14-16/h1,10-11,14,17-21,23H,6-9,12-13H2,2-4H3,(H,31,36)/t17?,18?,19?,20?,21-,23-/m0/s1. The highest BCUT2D eigenvalue weighted by atomic mass is 19.1. The molecule has 4 heterocycles. The van der Waals surface area contributed by atoms with Crippen molar-refractivity contribution in [3.05, 3.63) is 29.8 Å². The van der Waals surface area contributed by atoms with Gasteiger partial charge in [-0.3, -0.25) is 9.59 Å². The predicted molar refractivity (Wildman–Crippen MR) is 131 cm³/mol. The lowest BCUT2D eigenvalue weighted by atomic mass is 9.83. The summed E-state index contributed by atoms with van der Waals surface area (Å²) < 4.78 is 19.1. The van der Waals surface area contributed by atoms with Gasteiger partial charge in [0, 0.05) is 29.9 Å². The number of nitrogens with one attached hydrogen (secondary N) is 1. The number of amides is 3. The van der Waals surface area contributed by atoms with Crippen molar-refractivity contribution in [2.45, 2.75) is 95.1 Å². The largest absolute Gasteiger partial charge is 0.444 e. The first-order chi connectivity index (χ1) is 17.5. The molecule has 2 bridgehead atoms. The first-order valence-corrected chi connectivity index (χ1v) is 12.6. The molecule has 3 aliphatic heterocycles. The Bertz CT molecular complexity index is 1120. The van der Waals surface area contributed by atoms with Crippen LogP contribution in [0.2, 0.25) is 0 Å². The molecule has 3 unspecified atom stereocenters. The average molecular weight is 510 g/mol. The summed E-state index contributed by atoms with van der Waals surface area (Å²) >= 11 is 0. The molecule has 1 aromatic heterocycles. The third kappa shape index (κ3) is 5.53. The van der Waals surface area contributed by atoms with Crippen LogP contribution < -0.4 is 5.32 Å². The maximum absolute atomic E-state index is 13.9. The summed E-state index contributed by atoms with van der Waals surface area (Å²) in [6.45, 7) is 5.20. The number of likely N-dealkylation sites (tertiary alicyclic amines) is 1. The maximum atomic E-state index is 13.9. The molecule has 3 amide bonds. The highest BCUT2D eigenvalue weighted by Crippen LogP contribution is 2.41. The van der Waals surface area contributed by atoms with Gasteiger partial charge in [0.05, 0.1) is 12.1 Å². The highest BCUT2D eigenvalue weighted by Gasteiger charge is 2.49. The molecular weight excluding hydrogens is 477 g/mol. The fourth-order valence-electron chi connectivity index (χ4n) is 5.89. The molecule has 1 aromatic rings. The van der Waals surface area contributed by atoms with Crippen LogP contribution >= 0.6 is 0 Å². The minimum atomic E-state index is -0.960. The van der Waals surface area contributed by atoms with Crippen molar-refractivity contribution in [3.8, 4) is 18.4 Å².